The first-order valence-electron chi connectivity index (χ1n) is 8.27. The normalized spacial score (nSPS) is 10.5. The number of amides is 1. The minimum Gasteiger partial charge on any atom is -0.326 e. The molecule has 122 valence electrons. The number of hydrogen-bond donors (Lipinski definition) is 2. The number of anilines is 1. The number of benzene rings is 2. The van der Waals surface area contributed by atoms with Gasteiger partial charge in [0.1, 0.15) is 0 Å². The van der Waals surface area contributed by atoms with Crippen molar-refractivity contribution < 1.29 is 4.79 Å². The summed E-state index contributed by atoms with van der Waals surface area (Å²) in [7, 11) is 0. The van der Waals surface area contributed by atoms with Crippen LogP contribution in [0.25, 0.3) is 0 Å². The van der Waals surface area contributed by atoms with Crippen LogP contribution in [0, 0.1) is 13.8 Å². The van der Waals surface area contributed by atoms with Gasteiger partial charge in [0.05, 0.1) is 0 Å². The Morgan fingerprint density at radius 3 is 2.57 bits per heavy atom. The first kappa shape index (κ1) is 17.2. The lowest BCUT2D eigenvalue weighted by molar-refractivity contribution is -0.116. The van der Waals surface area contributed by atoms with Crippen LogP contribution < -0.4 is 10.6 Å². The van der Waals surface area contributed by atoms with E-state index in [0.717, 1.165) is 36.2 Å². The zero-order chi connectivity index (χ0) is 16.5. The van der Waals surface area contributed by atoms with Crippen LogP contribution in [0.15, 0.2) is 48.5 Å². The second kappa shape index (κ2) is 9.11. The van der Waals surface area contributed by atoms with Gasteiger partial charge >= 0.3 is 0 Å². The zero-order valence-electron chi connectivity index (χ0n) is 14.1. The first-order chi connectivity index (χ1) is 11.1. The highest BCUT2D eigenvalue weighted by atomic mass is 16.1. The van der Waals surface area contributed by atoms with Gasteiger partial charge in [0.2, 0.25) is 5.91 Å². The van der Waals surface area contributed by atoms with Crippen LogP contribution in [0.5, 0.6) is 0 Å². The SMILES string of the molecule is Cc1ccc(C)c(NC(=O)CCNCCCc2ccccc2)c1. The van der Waals surface area contributed by atoms with Crippen molar-refractivity contribution in [2.24, 2.45) is 0 Å². The molecule has 0 saturated heterocycles. The van der Waals surface area contributed by atoms with Gasteiger partial charge < -0.3 is 10.6 Å². The molecule has 0 bridgehead atoms. The van der Waals surface area contributed by atoms with Crippen molar-refractivity contribution in [1.82, 2.24) is 5.32 Å². The highest BCUT2D eigenvalue weighted by Crippen LogP contribution is 2.16. The monoisotopic (exact) mass is 310 g/mol. The van der Waals surface area contributed by atoms with E-state index in [1.165, 1.54) is 5.56 Å². The number of carbonyl (C=O) groups excluding carboxylic acids is 1. The topological polar surface area (TPSA) is 41.1 Å². The Balaban J connectivity index is 1.60. The maximum atomic E-state index is 12.0. The van der Waals surface area contributed by atoms with Crippen LogP contribution in [-0.2, 0) is 11.2 Å². The van der Waals surface area contributed by atoms with E-state index in [4.69, 9.17) is 0 Å². The minimum absolute atomic E-state index is 0.0641. The third kappa shape index (κ3) is 6.25. The summed E-state index contributed by atoms with van der Waals surface area (Å²) in [6.07, 6.45) is 2.66. The molecule has 0 heterocycles. The van der Waals surface area contributed by atoms with Gasteiger partial charge in [0.15, 0.2) is 0 Å². The maximum absolute atomic E-state index is 12.0. The molecule has 0 unspecified atom stereocenters. The molecular weight excluding hydrogens is 284 g/mol. The molecule has 0 aromatic heterocycles. The van der Waals surface area contributed by atoms with Crippen LogP contribution in [0.4, 0.5) is 5.69 Å². The van der Waals surface area contributed by atoms with Crippen LogP contribution in [0.2, 0.25) is 0 Å². The predicted octanol–water partition coefficient (Wildman–Crippen LogP) is 3.85. The molecule has 1 amide bonds. The van der Waals surface area contributed by atoms with Gasteiger partial charge in [0, 0.05) is 18.7 Å². The lowest BCUT2D eigenvalue weighted by atomic mass is 10.1. The number of carbonyl (C=O) groups is 1. The van der Waals surface area contributed by atoms with Crippen molar-refractivity contribution in [2.75, 3.05) is 18.4 Å². The molecule has 2 aromatic carbocycles. The number of hydrogen-bond acceptors (Lipinski definition) is 2. The van der Waals surface area contributed by atoms with Crippen LogP contribution in [0.3, 0.4) is 0 Å². The van der Waals surface area contributed by atoms with Gasteiger partial charge in [-0.05, 0) is 56.0 Å². The second-order valence-electron chi connectivity index (χ2n) is 5.96. The standard InChI is InChI=1S/C20H26N2O/c1-16-10-11-17(2)19(15-16)22-20(23)12-14-21-13-6-9-18-7-4-3-5-8-18/h3-5,7-8,10-11,15,21H,6,9,12-14H2,1-2H3,(H,22,23). The Morgan fingerprint density at radius 2 is 1.78 bits per heavy atom. The summed E-state index contributed by atoms with van der Waals surface area (Å²) < 4.78 is 0. The Morgan fingerprint density at radius 1 is 1.00 bits per heavy atom. The van der Waals surface area contributed by atoms with Crippen molar-refractivity contribution in [3.63, 3.8) is 0 Å². The van der Waals surface area contributed by atoms with Crippen LogP contribution >= 0.6 is 0 Å². The zero-order valence-corrected chi connectivity index (χ0v) is 14.1. The average molecular weight is 310 g/mol. The third-order valence-corrected chi connectivity index (χ3v) is 3.86. The lowest BCUT2D eigenvalue weighted by Gasteiger charge is -2.10. The van der Waals surface area contributed by atoms with Crippen molar-refractivity contribution >= 4 is 11.6 Å². The van der Waals surface area contributed by atoms with E-state index in [-0.39, 0.29) is 5.91 Å². The molecule has 0 radical (unpaired) electrons. The molecule has 0 atom stereocenters. The summed E-state index contributed by atoms with van der Waals surface area (Å²) in [6.45, 7) is 5.69. The van der Waals surface area contributed by atoms with E-state index in [1.807, 2.05) is 32.0 Å². The van der Waals surface area contributed by atoms with E-state index >= 15 is 0 Å². The molecule has 0 aliphatic carbocycles. The van der Waals surface area contributed by atoms with Gasteiger partial charge in [-0.25, -0.2) is 0 Å². The molecule has 0 fully saturated rings. The summed E-state index contributed by atoms with van der Waals surface area (Å²) in [5.41, 5.74) is 4.53. The molecule has 0 saturated carbocycles. The number of nitrogens with one attached hydrogen (secondary N) is 2. The van der Waals surface area contributed by atoms with Crippen molar-refractivity contribution in [3.05, 3.63) is 65.2 Å². The van der Waals surface area contributed by atoms with Gasteiger partial charge in [-0.1, -0.05) is 42.5 Å². The van der Waals surface area contributed by atoms with Crippen molar-refractivity contribution in [3.8, 4) is 0 Å². The van der Waals surface area contributed by atoms with E-state index in [0.29, 0.717) is 13.0 Å². The smallest absolute Gasteiger partial charge is 0.225 e. The predicted molar refractivity (Wildman–Crippen MR) is 96.8 cm³/mol. The van der Waals surface area contributed by atoms with Gasteiger partial charge in [-0.2, -0.15) is 0 Å². The largest absolute Gasteiger partial charge is 0.326 e. The molecule has 3 heteroatoms. The van der Waals surface area contributed by atoms with Crippen molar-refractivity contribution in [1.29, 1.82) is 0 Å². The van der Waals surface area contributed by atoms with E-state index in [9.17, 15) is 4.79 Å². The highest BCUT2D eigenvalue weighted by molar-refractivity contribution is 5.91. The van der Waals surface area contributed by atoms with E-state index in [1.54, 1.807) is 0 Å². The fourth-order valence-corrected chi connectivity index (χ4v) is 2.47. The van der Waals surface area contributed by atoms with Crippen LogP contribution in [0.1, 0.15) is 29.5 Å². The quantitative estimate of drug-likeness (QED) is 0.727. The van der Waals surface area contributed by atoms with E-state index in [2.05, 4.69) is 41.0 Å². The Hall–Kier alpha value is -2.13. The summed E-state index contributed by atoms with van der Waals surface area (Å²) in [4.78, 5) is 12.0. The number of rotatable bonds is 8. The Bertz CT molecular complexity index is 623. The number of aryl methyl sites for hydroxylation is 3. The van der Waals surface area contributed by atoms with E-state index < -0.39 is 0 Å². The molecule has 23 heavy (non-hydrogen) atoms. The van der Waals surface area contributed by atoms with Gasteiger partial charge in [-0.3, -0.25) is 4.79 Å². The summed E-state index contributed by atoms with van der Waals surface area (Å²) >= 11 is 0. The maximum Gasteiger partial charge on any atom is 0.225 e. The Kier molecular flexibility index (Phi) is 6.82. The second-order valence-corrected chi connectivity index (χ2v) is 5.96. The molecular formula is C20H26N2O. The molecule has 0 spiro atoms. The molecule has 2 rings (SSSR count). The van der Waals surface area contributed by atoms with Crippen molar-refractivity contribution in [2.45, 2.75) is 33.1 Å². The Labute approximate surface area is 139 Å². The highest BCUT2D eigenvalue weighted by Gasteiger charge is 2.04. The lowest BCUT2D eigenvalue weighted by Crippen LogP contribution is -2.23. The fourth-order valence-electron chi connectivity index (χ4n) is 2.47. The third-order valence-electron chi connectivity index (χ3n) is 3.86. The minimum atomic E-state index is 0.0641. The molecule has 3 nitrogen and oxygen atoms in total. The average Bonchev–Trinajstić information content (AvgIpc) is 2.55. The van der Waals surface area contributed by atoms with Gasteiger partial charge in [0.25, 0.3) is 0 Å². The van der Waals surface area contributed by atoms with Gasteiger partial charge in [-0.15, -0.1) is 0 Å². The summed E-state index contributed by atoms with van der Waals surface area (Å²) in [6, 6.07) is 16.6. The summed E-state index contributed by atoms with van der Waals surface area (Å²) in [5.74, 6) is 0.0641. The molecule has 0 aliphatic heterocycles. The van der Waals surface area contributed by atoms with Crippen LogP contribution in [-0.4, -0.2) is 19.0 Å². The first-order valence-corrected chi connectivity index (χ1v) is 8.27. The molecule has 2 N–H and O–H groups in total. The summed E-state index contributed by atoms with van der Waals surface area (Å²) in [5, 5.41) is 6.33. The fraction of sp³-hybridized carbons (Fsp3) is 0.350. The molecule has 0 aliphatic rings. The molecule has 2 aromatic rings.